The van der Waals surface area contributed by atoms with Crippen LogP contribution < -0.4 is 10.1 Å². The number of pyridine rings is 1. The van der Waals surface area contributed by atoms with Crippen molar-refractivity contribution in [3.05, 3.63) is 52.8 Å². The highest BCUT2D eigenvalue weighted by Gasteiger charge is 2.03. The monoisotopic (exact) mass is 292 g/mol. The van der Waals surface area contributed by atoms with Gasteiger partial charge in [0.25, 0.3) is 0 Å². The van der Waals surface area contributed by atoms with Crippen LogP contribution in [0.1, 0.15) is 5.69 Å². The Morgan fingerprint density at radius 2 is 2.18 bits per heavy atom. The summed E-state index contributed by atoms with van der Waals surface area (Å²) in [6.45, 7) is 0.674. The van der Waals surface area contributed by atoms with Crippen LogP contribution in [0.2, 0.25) is 0 Å². The number of benzene rings is 1. The summed E-state index contributed by atoms with van der Waals surface area (Å²) in [5, 5.41) is 3.30. The summed E-state index contributed by atoms with van der Waals surface area (Å²) in [5.41, 5.74) is 1.95. The lowest BCUT2D eigenvalue weighted by molar-refractivity contribution is 0.416. The van der Waals surface area contributed by atoms with E-state index in [0.717, 1.165) is 21.6 Å². The lowest BCUT2D eigenvalue weighted by atomic mass is 10.2. The van der Waals surface area contributed by atoms with Crippen LogP contribution >= 0.6 is 15.9 Å². The van der Waals surface area contributed by atoms with E-state index in [0.29, 0.717) is 6.54 Å². The molecule has 0 radical (unpaired) electrons. The van der Waals surface area contributed by atoms with E-state index in [9.17, 15) is 0 Å². The molecular formula is C13H13BrN2O. The number of nitrogens with zero attached hydrogens (tertiary/aromatic N) is 1. The fourth-order valence-corrected chi connectivity index (χ4v) is 1.87. The van der Waals surface area contributed by atoms with Gasteiger partial charge in [-0.1, -0.05) is 22.0 Å². The molecule has 1 aromatic heterocycles. The van der Waals surface area contributed by atoms with Crippen LogP contribution in [0.5, 0.6) is 5.75 Å². The Balaban J connectivity index is 2.11. The van der Waals surface area contributed by atoms with Crippen molar-refractivity contribution in [2.75, 3.05) is 12.4 Å². The maximum absolute atomic E-state index is 5.29. The molecule has 1 heterocycles. The lowest BCUT2D eigenvalue weighted by Gasteiger charge is -2.11. The molecule has 0 atom stereocenters. The molecule has 4 heteroatoms. The van der Waals surface area contributed by atoms with Gasteiger partial charge >= 0.3 is 0 Å². The van der Waals surface area contributed by atoms with Gasteiger partial charge < -0.3 is 10.1 Å². The third kappa shape index (κ3) is 3.20. The number of methoxy groups -OCH3 is 1. The summed E-state index contributed by atoms with van der Waals surface area (Å²) in [6, 6.07) is 11.7. The number of rotatable bonds is 4. The second-order valence-corrected chi connectivity index (χ2v) is 4.43. The van der Waals surface area contributed by atoms with Crippen molar-refractivity contribution in [1.29, 1.82) is 0 Å². The molecule has 17 heavy (non-hydrogen) atoms. The number of nitrogens with one attached hydrogen (secondary N) is 1. The van der Waals surface area contributed by atoms with Gasteiger partial charge in [0.15, 0.2) is 0 Å². The van der Waals surface area contributed by atoms with E-state index < -0.39 is 0 Å². The van der Waals surface area contributed by atoms with Crippen molar-refractivity contribution >= 4 is 21.6 Å². The second-order valence-electron chi connectivity index (χ2n) is 3.52. The van der Waals surface area contributed by atoms with Crippen LogP contribution in [0.15, 0.2) is 47.1 Å². The quantitative estimate of drug-likeness (QED) is 0.937. The first-order valence-corrected chi connectivity index (χ1v) is 6.06. The molecule has 88 valence electrons. The molecule has 2 aromatic rings. The molecule has 0 unspecified atom stereocenters. The molecule has 1 N–H and O–H groups in total. The molecule has 3 nitrogen and oxygen atoms in total. The number of hydrogen-bond donors (Lipinski definition) is 1. The predicted octanol–water partition coefficient (Wildman–Crippen LogP) is 3.46. The summed E-state index contributed by atoms with van der Waals surface area (Å²) in [6.07, 6.45) is 1.79. The van der Waals surface area contributed by atoms with Gasteiger partial charge in [-0.3, -0.25) is 4.98 Å². The minimum absolute atomic E-state index is 0.674. The van der Waals surface area contributed by atoms with Gasteiger partial charge in [-0.25, -0.2) is 0 Å². The first-order valence-electron chi connectivity index (χ1n) is 5.27. The first kappa shape index (κ1) is 11.9. The maximum atomic E-state index is 5.29. The minimum atomic E-state index is 0.674. The van der Waals surface area contributed by atoms with Gasteiger partial charge in [-0.15, -0.1) is 0 Å². The zero-order chi connectivity index (χ0) is 12.1. The highest BCUT2D eigenvalue weighted by atomic mass is 79.9. The molecule has 0 aliphatic carbocycles. The van der Waals surface area contributed by atoms with Gasteiger partial charge in [0, 0.05) is 10.7 Å². The van der Waals surface area contributed by atoms with E-state index >= 15 is 0 Å². The van der Waals surface area contributed by atoms with Gasteiger partial charge in [0.05, 0.1) is 25.0 Å². The molecule has 0 saturated carbocycles. The minimum Gasteiger partial charge on any atom is -0.495 e. The number of anilines is 1. The van der Waals surface area contributed by atoms with Gasteiger partial charge in [0.2, 0.25) is 0 Å². The molecule has 0 bridgehead atoms. The van der Waals surface area contributed by atoms with Crippen LogP contribution in [0.25, 0.3) is 0 Å². The molecule has 0 fully saturated rings. The largest absolute Gasteiger partial charge is 0.495 e. The summed E-state index contributed by atoms with van der Waals surface area (Å²) in [7, 11) is 1.66. The van der Waals surface area contributed by atoms with Crippen LogP contribution in [-0.4, -0.2) is 12.1 Å². The molecule has 0 saturated heterocycles. The van der Waals surface area contributed by atoms with E-state index in [4.69, 9.17) is 4.74 Å². The molecule has 0 spiro atoms. The Kier molecular flexibility index (Phi) is 3.98. The van der Waals surface area contributed by atoms with Crippen LogP contribution in [0, 0.1) is 0 Å². The first-order chi connectivity index (χ1) is 8.29. The number of hydrogen-bond acceptors (Lipinski definition) is 3. The van der Waals surface area contributed by atoms with Crippen molar-refractivity contribution in [2.24, 2.45) is 0 Å². The smallest absolute Gasteiger partial charge is 0.142 e. The zero-order valence-electron chi connectivity index (χ0n) is 9.48. The van der Waals surface area contributed by atoms with Crippen LogP contribution in [0.3, 0.4) is 0 Å². The zero-order valence-corrected chi connectivity index (χ0v) is 11.1. The standard InChI is InChI=1S/C13H13BrN2O/c1-17-13-6-5-10(14)8-12(13)16-9-11-4-2-3-7-15-11/h2-8,16H,9H2,1H3. The maximum Gasteiger partial charge on any atom is 0.142 e. The van der Waals surface area contributed by atoms with Gasteiger partial charge in [0.1, 0.15) is 5.75 Å². The third-order valence-corrected chi connectivity index (χ3v) is 2.84. The normalized spacial score (nSPS) is 10.0. The highest BCUT2D eigenvalue weighted by molar-refractivity contribution is 9.10. The fourth-order valence-electron chi connectivity index (χ4n) is 1.51. The highest BCUT2D eigenvalue weighted by Crippen LogP contribution is 2.28. The average molecular weight is 293 g/mol. The second kappa shape index (κ2) is 5.68. The predicted molar refractivity (Wildman–Crippen MR) is 72.3 cm³/mol. The SMILES string of the molecule is COc1ccc(Br)cc1NCc1ccccn1. The molecule has 0 aliphatic rings. The number of ether oxygens (including phenoxy) is 1. The Morgan fingerprint density at radius 1 is 1.29 bits per heavy atom. The van der Waals surface area contributed by atoms with Crippen molar-refractivity contribution < 1.29 is 4.74 Å². The average Bonchev–Trinajstić information content (AvgIpc) is 2.38. The summed E-state index contributed by atoms with van der Waals surface area (Å²) in [4.78, 5) is 4.26. The van der Waals surface area contributed by atoms with Crippen molar-refractivity contribution in [3.63, 3.8) is 0 Å². The van der Waals surface area contributed by atoms with Crippen LogP contribution in [0.4, 0.5) is 5.69 Å². The molecular weight excluding hydrogens is 280 g/mol. The fraction of sp³-hybridized carbons (Fsp3) is 0.154. The molecule has 0 amide bonds. The summed E-state index contributed by atoms with van der Waals surface area (Å²) < 4.78 is 6.30. The van der Waals surface area contributed by atoms with Crippen molar-refractivity contribution in [1.82, 2.24) is 4.98 Å². The van der Waals surface area contributed by atoms with E-state index in [1.807, 2.05) is 36.4 Å². The van der Waals surface area contributed by atoms with E-state index in [1.54, 1.807) is 13.3 Å². The van der Waals surface area contributed by atoms with Crippen molar-refractivity contribution in [2.45, 2.75) is 6.54 Å². The van der Waals surface area contributed by atoms with Crippen molar-refractivity contribution in [3.8, 4) is 5.75 Å². The Bertz CT molecular complexity index is 488. The molecule has 0 aliphatic heterocycles. The topological polar surface area (TPSA) is 34.1 Å². The van der Waals surface area contributed by atoms with Gasteiger partial charge in [-0.05, 0) is 30.3 Å². The van der Waals surface area contributed by atoms with Gasteiger partial charge in [-0.2, -0.15) is 0 Å². The third-order valence-electron chi connectivity index (χ3n) is 2.35. The molecule has 1 aromatic carbocycles. The summed E-state index contributed by atoms with van der Waals surface area (Å²) >= 11 is 3.44. The Hall–Kier alpha value is -1.55. The Morgan fingerprint density at radius 3 is 2.88 bits per heavy atom. The molecule has 2 rings (SSSR count). The lowest BCUT2D eigenvalue weighted by Crippen LogP contribution is -2.02. The number of aromatic nitrogens is 1. The van der Waals surface area contributed by atoms with E-state index in [1.165, 1.54) is 0 Å². The van der Waals surface area contributed by atoms with E-state index in [2.05, 4.69) is 26.2 Å². The van der Waals surface area contributed by atoms with Crippen LogP contribution in [-0.2, 0) is 6.54 Å². The Labute approximate surface area is 109 Å². The van der Waals surface area contributed by atoms with E-state index in [-0.39, 0.29) is 0 Å². The number of halogens is 1. The summed E-state index contributed by atoms with van der Waals surface area (Å²) in [5.74, 6) is 0.823.